The van der Waals surface area contributed by atoms with Gasteiger partial charge in [-0.3, -0.25) is 9.78 Å². The van der Waals surface area contributed by atoms with Crippen LogP contribution in [-0.2, 0) is 6.54 Å². The summed E-state index contributed by atoms with van der Waals surface area (Å²) in [5.41, 5.74) is 1.68. The van der Waals surface area contributed by atoms with Crippen molar-refractivity contribution in [3.63, 3.8) is 0 Å². The molecule has 0 unspecified atom stereocenters. The normalized spacial score (nSPS) is 10.4. The van der Waals surface area contributed by atoms with Gasteiger partial charge >= 0.3 is 0 Å². The van der Waals surface area contributed by atoms with Crippen LogP contribution in [0.5, 0.6) is 0 Å². The van der Waals surface area contributed by atoms with E-state index in [0.29, 0.717) is 33.9 Å². The second-order valence-electron chi connectivity index (χ2n) is 5.47. The molecule has 3 rings (SSSR count). The molecule has 6 nitrogen and oxygen atoms in total. The molecule has 0 radical (unpaired) electrons. The second-order valence-corrected chi connectivity index (χ2v) is 6.35. The van der Waals surface area contributed by atoms with Crippen LogP contribution in [0.4, 0.5) is 11.5 Å². The molecule has 3 aromatic rings. The Morgan fingerprint density at radius 3 is 2.54 bits per heavy atom. The van der Waals surface area contributed by atoms with E-state index in [0.717, 1.165) is 5.69 Å². The fourth-order valence-electron chi connectivity index (χ4n) is 2.29. The number of anilines is 2. The summed E-state index contributed by atoms with van der Waals surface area (Å²) in [5, 5.41) is 6.87. The lowest BCUT2D eigenvalue weighted by Crippen LogP contribution is -2.24. The third-order valence-electron chi connectivity index (χ3n) is 3.36. The van der Waals surface area contributed by atoms with Crippen LogP contribution in [0.3, 0.4) is 0 Å². The van der Waals surface area contributed by atoms with E-state index in [1.807, 2.05) is 18.2 Å². The molecule has 8 heteroatoms. The Balaban J connectivity index is 1.75. The first-order valence-electron chi connectivity index (χ1n) is 7.76. The van der Waals surface area contributed by atoms with Crippen LogP contribution >= 0.6 is 23.2 Å². The summed E-state index contributed by atoms with van der Waals surface area (Å²) in [6.45, 7) is 2.03. The standard InChI is InChI=1S/C18H15Cl2N5O/c1-11-23-16(18(26)22-10-14-4-2-3-5-21-14)9-17(24-11)25-15-7-12(19)6-13(20)8-15/h2-9H,10H2,1H3,(H,22,26)(H,23,24,25). The molecule has 0 saturated carbocycles. The molecule has 26 heavy (non-hydrogen) atoms. The highest BCUT2D eigenvalue weighted by Gasteiger charge is 2.11. The van der Waals surface area contributed by atoms with Crippen molar-refractivity contribution in [3.05, 3.63) is 75.9 Å². The molecular formula is C18H15Cl2N5O. The van der Waals surface area contributed by atoms with E-state index >= 15 is 0 Å². The van der Waals surface area contributed by atoms with Crippen molar-refractivity contribution in [1.82, 2.24) is 20.3 Å². The molecule has 0 atom stereocenters. The average molecular weight is 388 g/mol. The van der Waals surface area contributed by atoms with Crippen LogP contribution in [0.1, 0.15) is 22.0 Å². The van der Waals surface area contributed by atoms with Gasteiger partial charge in [0.25, 0.3) is 5.91 Å². The zero-order chi connectivity index (χ0) is 18.5. The maximum Gasteiger partial charge on any atom is 0.270 e. The Hall–Kier alpha value is -2.70. The lowest BCUT2D eigenvalue weighted by Gasteiger charge is -2.10. The zero-order valence-corrected chi connectivity index (χ0v) is 15.3. The van der Waals surface area contributed by atoms with Gasteiger partial charge in [-0.2, -0.15) is 0 Å². The first-order valence-corrected chi connectivity index (χ1v) is 8.52. The summed E-state index contributed by atoms with van der Waals surface area (Å²) in [7, 11) is 0. The number of halogens is 2. The number of hydrogen-bond acceptors (Lipinski definition) is 5. The summed E-state index contributed by atoms with van der Waals surface area (Å²) >= 11 is 12.0. The average Bonchev–Trinajstić information content (AvgIpc) is 2.59. The molecule has 0 aliphatic heterocycles. The van der Waals surface area contributed by atoms with Crippen LogP contribution in [0, 0.1) is 6.92 Å². The highest BCUT2D eigenvalue weighted by molar-refractivity contribution is 6.35. The van der Waals surface area contributed by atoms with Crippen molar-refractivity contribution in [2.75, 3.05) is 5.32 Å². The van der Waals surface area contributed by atoms with Gasteiger partial charge in [0, 0.05) is 28.0 Å². The summed E-state index contributed by atoms with van der Waals surface area (Å²) < 4.78 is 0. The molecule has 2 N–H and O–H groups in total. The summed E-state index contributed by atoms with van der Waals surface area (Å²) in [6, 6.07) is 12.1. The van der Waals surface area contributed by atoms with Gasteiger partial charge < -0.3 is 10.6 Å². The molecule has 0 aliphatic rings. The molecule has 1 aromatic carbocycles. The number of nitrogens with one attached hydrogen (secondary N) is 2. The maximum absolute atomic E-state index is 12.4. The predicted molar refractivity (Wildman–Crippen MR) is 102 cm³/mol. The molecule has 132 valence electrons. The van der Waals surface area contributed by atoms with Crippen LogP contribution in [0.25, 0.3) is 0 Å². The van der Waals surface area contributed by atoms with Crippen molar-refractivity contribution in [2.24, 2.45) is 0 Å². The quantitative estimate of drug-likeness (QED) is 0.686. The number of aromatic nitrogens is 3. The van der Waals surface area contributed by atoms with Gasteiger partial charge in [0.15, 0.2) is 0 Å². The minimum atomic E-state index is -0.312. The lowest BCUT2D eigenvalue weighted by atomic mass is 10.3. The Morgan fingerprint density at radius 1 is 1.08 bits per heavy atom. The third kappa shape index (κ3) is 4.91. The number of hydrogen-bond donors (Lipinski definition) is 2. The lowest BCUT2D eigenvalue weighted by molar-refractivity contribution is 0.0945. The minimum absolute atomic E-state index is 0.254. The van der Waals surface area contributed by atoms with Crippen LogP contribution in [0.15, 0.2) is 48.7 Å². The number of carbonyl (C=O) groups excluding carboxylic acids is 1. The second kappa shape index (κ2) is 8.12. The number of pyridine rings is 1. The fourth-order valence-corrected chi connectivity index (χ4v) is 2.81. The SMILES string of the molecule is Cc1nc(Nc2cc(Cl)cc(Cl)c2)cc(C(=O)NCc2ccccn2)n1. The van der Waals surface area contributed by atoms with Gasteiger partial charge in [-0.1, -0.05) is 29.3 Å². The highest BCUT2D eigenvalue weighted by atomic mass is 35.5. The largest absolute Gasteiger partial charge is 0.345 e. The number of aryl methyl sites for hydroxylation is 1. The molecule has 1 amide bonds. The monoisotopic (exact) mass is 387 g/mol. The smallest absolute Gasteiger partial charge is 0.270 e. The number of amides is 1. The molecule has 0 bridgehead atoms. The Bertz CT molecular complexity index is 914. The van der Waals surface area contributed by atoms with E-state index in [9.17, 15) is 4.79 Å². The first kappa shape index (κ1) is 18.1. The van der Waals surface area contributed by atoms with Crippen molar-refractivity contribution >= 4 is 40.6 Å². The minimum Gasteiger partial charge on any atom is -0.345 e. The number of carbonyl (C=O) groups is 1. The Labute approximate surface area is 160 Å². The third-order valence-corrected chi connectivity index (χ3v) is 3.80. The predicted octanol–water partition coefficient (Wildman–Crippen LogP) is 4.16. The summed E-state index contributed by atoms with van der Waals surface area (Å²) in [6.07, 6.45) is 1.68. The van der Waals surface area contributed by atoms with Gasteiger partial charge in [-0.05, 0) is 37.3 Å². The summed E-state index contributed by atoms with van der Waals surface area (Å²) in [5.74, 6) is 0.623. The molecule has 0 spiro atoms. The molecule has 0 saturated heterocycles. The number of nitrogens with zero attached hydrogens (tertiary/aromatic N) is 3. The van der Waals surface area contributed by atoms with Crippen LogP contribution < -0.4 is 10.6 Å². The molecule has 0 aliphatic carbocycles. The van der Waals surface area contributed by atoms with Crippen LogP contribution in [-0.4, -0.2) is 20.9 Å². The fraction of sp³-hybridized carbons (Fsp3) is 0.111. The van der Waals surface area contributed by atoms with E-state index in [-0.39, 0.29) is 11.6 Å². The first-order chi connectivity index (χ1) is 12.5. The summed E-state index contributed by atoms with van der Waals surface area (Å²) in [4.78, 5) is 25.0. The van der Waals surface area contributed by atoms with Crippen molar-refractivity contribution in [2.45, 2.75) is 13.5 Å². The maximum atomic E-state index is 12.4. The van der Waals surface area contributed by atoms with E-state index in [1.165, 1.54) is 0 Å². The molecular weight excluding hydrogens is 373 g/mol. The Morgan fingerprint density at radius 2 is 1.85 bits per heavy atom. The van der Waals surface area contributed by atoms with Gasteiger partial charge in [-0.25, -0.2) is 9.97 Å². The molecule has 2 heterocycles. The van der Waals surface area contributed by atoms with Crippen molar-refractivity contribution < 1.29 is 4.79 Å². The van der Waals surface area contributed by atoms with E-state index < -0.39 is 0 Å². The number of rotatable bonds is 5. The van der Waals surface area contributed by atoms with Gasteiger partial charge in [0.1, 0.15) is 17.3 Å². The molecule has 0 fully saturated rings. The van der Waals surface area contributed by atoms with E-state index in [2.05, 4.69) is 25.6 Å². The Kier molecular flexibility index (Phi) is 5.65. The number of benzene rings is 1. The van der Waals surface area contributed by atoms with E-state index in [4.69, 9.17) is 23.2 Å². The van der Waals surface area contributed by atoms with Crippen molar-refractivity contribution in [1.29, 1.82) is 0 Å². The van der Waals surface area contributed by atoms with Crippen molar-refractivity contribution in [3.8, 4) is 0 Å². The zero-order valence-electron chi connectivity index (χ0n) is 13.8. The van der Waals surface area contributed by atoms with E-state index in [1.54, 1.807) is 37.4 Å². The van der Waals surface area contributed by atoms with Gasteiger partial charge in [0.05, 0.1) is 12.2 Å². The highest BCUT2D eigenvalue weighted by Crippen LogP contribution is 2.24. The molecule has 2 aromatic heterocycles. The topological polar surface area (TPSA) is 79.8 Å². The van der Waals surface area contributed by atoms with Crippen LogP contribution in [0.2, 0.25) is 10.0 Å². The van der Waals surface area contributed by atoms with Gasteiger partial charge in [0.2, 0.25) is 0 Å². The van der Waals surface area contributed by atoms with Gasteiger partial charge in [-0.15, -0.1) is 0 Å².